The van der Waals surface area contributed by atoms with E-state index in [9.17, 15) is 4.79 Å². The molecular weight excluding hydrogens is 336 g/mol. The molecule has 1 aromatic heterocycles. The summed E-state index contributed by atoms with van der Waals surface area (Å²) in [7, 11) is 0. The van der Waals surface area contributed by atoms with Crippen molar-refractivity contribution in [3.63, 3.8) is 0 Å². The van der Waals surface area contributed by atoms with Gasteiger partial charge < -0.3 is 18.6 Å². The van der Waals surface area contributed by atoms with Crippen LogP contribution in [0.4, 0.5) is 0 Å². The smallest absolute Gasteiger partial charge is 0.338 e. The third-order valence-electron chi connectivity index (χ3n) is 2.89. The molecule has 0 atom stereocenters. The molecule has 8 heteroatoms. The minimum absolute atomic E-state index is 0.116. The van der Waals surface area contributed by atoms with Crippen molar-refractivity contribution in [2.45, 2.75) is 33.8 Å². The van der Waals surface area contributed by atoms with Crippen LogP contribution in [0.15, 0.2) is 16.5 Å². The van der Waals surface area contributed by atoms with Crippen LogP contribution in [-0.4, -0.2) is 29.4 Å². The zero-order valence-electron chi connectivity index (χ0n) is 13.8. The molecule has 0 saturated carbocycles. The molecule has 0 saturated heterocycles. The number of carbonyl (C=O) groups excluding carboxylic acids is 1. The molecule has 0 aliphatic carbocycles. The third kappa shape index (κ3) is 4.61. The molecule has 0 aliphatic heterocycles. The van der Waals surface area contributed by atoms with Crippen LogP contribution in [-0.2, 0) is 11.3 Å². The van der Waals surface area contributed by atoms with Crippen molar-refractivity contribution in [3.8, 4) is 11.5 Å². The van der Waals surface area contributed by atoms with E-state index in [0.717, 1.165) is 6.42 Å². The van der Waals surface area contributed by atoms with Crippen molar-refractivity contribution in [2.75, 3.05) is 13.2 Å². The number of carbonyl (C=O) groups is 1. The monoisotopic (exact) mass is 354 g/mol. The first-order valence-corrected chi connectivity index (χ1v) is 7.98. The largest absolute Gasteiger partial charge is 0.490 e. The van der Waals surface area contributed by atoms with E-state index in [1.165, 1.54) is 6.07 Å². The van der Waals surface area contributed by atoms with Crippen LogP contribution < -0.4 is 9.47 Å². The summed E-state index contributed by atoms with van der Waals surface area (Å²) in [6, 6.07) is 3.03. The molecule has 0 aliphatic rings. The second-order valence-corrected chi connectivity index (χ2v) is 5.26. The number of halogens is 1. The lowest BCUT2D eigenvalue weighted by atomic mass is 10.2. The Morgan fingerprint density at radius 2 is 2.04 bits per heavy atom. The van der Waals surface area contributed by atoms with Crippen LogP contribution in [0.3, 0.4) is 0 Å². The molecule has 130 valence electrons. The Labute approximate surface area is 144 Å². The second-order valence-electron chi connectivity index (χ2n) is 4.86. The fourth-order valence-corrected chi connectivity index (χ4v) is 2.16. The fraction of sp³-hybridized carbons (Fsp3) is 0.438. The Bertz CT molecular complexity index is 702. The van der Waals surface area contributed by atoms with E-state index in [4.69, 9.17) is 30.2 Å². The Morgan fingerprint density at radius 3 is 2.67 bits per heavy atom. The Balaban J connectivity index is 2.14. The Hall–Kier alpha value is -2.28. The first-order valence-electron chi connectivity index (χ1n) is 7.60. The molecule has 7 nitrogen and oxygen atoms in total. The predicted octanol–water partition coefficient (Wildman–Crippen LogP) is 3.58. The number of ether oxygens (including phenoxy) is 3. The van der Waals surface area contributed by atoms with Gasteiger partial charge in [-0.25, -0.2) is 4.79 Å². The number of hydrogen-bond donors (Lipinski definition) is 0. The molecule has 0 spiro atoms. The summed E-state index contributed by atoms with van der Waals surface area (Å²) < 4.78 is 21.4. The summed E-state index contributed by atoms with van der Waals surface area (Å²) in [6.45, 7) is 6.27. The first kappa shape index (κ1) is 18.1. The van der Waals surface area contributed by atoms with Crippen molar-refractivity contribution in [1.29, 1.82) is 0 Å². The zero-order chi connectivity index (χ0) is 17.5. The number of benzene rings is 1. The summed E-state index contributed by atoms with van der Waals surface area (Å²) in [5, 5.41) is 7.71. The molecule has 0 fully saturated rings. The SMILES string of the molecule is CCCOc1c(Cl)cc(C(=O)OCc2nnc(C)o2)cc1OCC. The van der Waals surface area contributed by atoms with Crippen molar-refractivity contribution in [3.05, 3.63) is 34.5 Å². The van der Waals surface area contributed by atoms with Crippen LogP contribution in [0.1, 0.15) is 42.4 Å². The quantitative estimate of drug-likeness (QED) is 0.670. The number of hydrogen-bond acceptors (Lipinski definition) is 7. The van der Waals surface area contributed by atoms with Gasteiger partial charge in [-0.1, -0.05) is 18.5 Å². The van der Waals surface area contributed by atoms with Gasteiger partial charge in [-0.3, -0.25) is 0 Å². The number of aromatic nitrogens is 2. The molecular formula is C16H19ClN2O5. The Kier molecular flexibility index (Phi) is 6.43. The van der Waals surface area contributed by atoms with E-state index in [2.05, 4.69) is 10.2 Å². The highest BCUT2D eigenvalue weighted by molar-refractivity contribution is 6.32. The molecule has 2 aromatic rings. The van der Waals surface area contributed by atoms with E-state index >= 15 is 0 Å². The maximum atomic E-state index is 12.2. The molecule has 0 bridgehead atoms. The van der Waals surface area contributed by atoms with Crippen LogP contribution in [0, 0.1) is 6.92 Å². The highest BCUT2D eigenvalue weighted by Crippen LogP contribution is 2.37. The lowest BCUT2D eigenvalue weighted by Gasteiger charge is -2.14. The summed E-state index contributed by atoms with van der Waals surface area (Å²) in [5.41, 5.74) is 0.253. The van der Waals surface area contributed by atoms with Gasteiger partial charge in [-0.15, -0.1) is 10.2 Å². The topological polar surface area (TPSA) is 83.7 Å². The van der Waals surface area contributed by atoms with Gasteiger partial charge in [0.2, 0.25) is 5.89 Å². The molecule has 1 aromatic carbocycles. The standard InChI is InChI=1S/C16H19ClN2O5/c1-4-6-22-15-12(17)7-11(8-13(15)21-5-2)16(20)23-9-14-19-18-10(3)24-14/h7-8H,4-6,9H2,1-3H3. The van der Waals surface area contributed by atoms with Gasteiger partial charge >= 0.3 is 5.97 Å². The van der Waals surface area contributed by atoms with Crippen LogP contribution in [0.2, 0.25) is 5.02 Å². The maximum absolute atomic E-state index is 12.2. The van der Waals surface area contributed by atoms with Crippen LogP contribution in [0.5, 0.6) is 11.5 Å². The zero-order valence-corrected chi connectivity index (χ0v) is 14.6. The van der Waals surface area contributed by atoms with Gasteiger partial charge in [0.15, 0.2) is 18.1 Å². The number of nitrogens with zero attached hydrogens (tertiary/aromatic N) is 2. The van der Waals surface area contributed by atoms with E-state index < -0.39 is 5.97 Å². The minimum Gasteiger partial charge on any atom is -0.490 e. The van der Waals surface area contributed by atoms with Gasteiger partial charge in [0, 0.05) is 6.92 Å². The third-order valence-corrected chi connectivity index (χ3v) is 3.17. The van der Waals surface area contributed by atoms with Crippen molar-refractivity contribution >= 4 is 17.6 Å². The molecule has 0 N–H and O–H groups in total. The lowest BCUT2D eigenvalue weighted by Crippen LogP contribution is -2.08. The maximum Gasteiger partial charge on any atom is 0.338 e. The minimum atomic E-state index is -0.573. The molecule has 24 heavy (non-hydrogen) atoms. The highest BCUT2D eigenvalue weighted by Gasteiger charge is 2.18. The van der Waals surface area contributed by atoms with E-state index in [1.807, 2.05) is 13.8 Å². The van der Waals surface area contributed by atoms with Crippen LogP contribution in [0.25, 0.3) is 0 Å². The fourth-order valence-electron chi connectivity index (χ4n) is 1.90. The van der Waals surface area contributed by atoms with Gasteiger partial charge in [0.25, 0.3) is 5.89 Å². The average molecular weight is 355 g/mol. The number of aryl methyl sites for hydroxylation is 1. The molecule has 1 heterocycles. The van der Waals surface area contributed by atoms with Gasteiger partial charge in [0.1, 0.15) is 0 Å². The molecule has 0 amide bonds. The summed E-state index contributed by atoms with van der Waals surface area (Å²) in [6.07, 6.45) is 0.829. The summed E-state index contributed by atoms with van der Waals surface area (Å²) in [5.74, 6) is 0.874. The number of rotatable bonds is 8. The van der Waals surface area contributed by atoms with E-state index in [0.29, 0.717) is 30.6 Å². The van der Waals surface area contributed by atoms with Gasteiger partial charge in [0.05, 0.1) is 23.8 Å². The van der Waals surface area contributed by atoms with Crippen molar-refractivity contribution in [1.82, 2.24) is 10.2 Å². The molecule has 0 radical (unpaired) electrons. The molecule has 2 rings (SSSR count). The van der Waals surface area contributed by atoms with Crippen LogP contribution >= 0.6 is 11.6 Å². The van der Waals surface area contributed by atoms with Crippen molar-refractivity contribution < 1.29 is 23.4 Å². The van der Waals surface area contributed by atoms with Gasteiger partial charge in [-0.2, -0.15) is 0 Å². The Morgan fingerprint density at radius 1 is 1.25 bits per heavy atom. The van der Waals surface area contributed by atoms with Gasteiger partial charge in [-0.05, 0) is 25.5 Å². The summed E-state index contributed by atoms with van der Waals surface area (Å²) >= 11 is 6.22. The summed E-state index contributed by atoms with van der Waals surface area (Å²) in [4.78, 5) is 12.2. The van der Waals surface area contributed by atoms with E-state index in [-0.39, 0.29) is 23.1 Å². The lowest BCUT2D eigenvalue weighted by molar-refractivity contribution is 0.0436. The average Bonchev–Trinajstić information content (AvgIpc) is 2.97. The van der Waals surface area contributed by atoms with Crippen molar-refractivity contribution in [2.24, 2.45) is 0 Å². The molecule has 0 unspecified atom stereocenters. The van der Waals surface area contributed by atoms with E-state index in [1.54, 1.807) is 13.0 Å². The predicted molar refractivity (Wildman–Crippen MR) is 86.6 cm³/mol. The highest BCUT2D eigenvalue weighted by atomic mass is 35.5. The number of esters is 1. The second kappa shape index (κ2) is 8.54. The normalized spacial score (nSPS) is 10.5. The first-order chi connectivity index (χ1) is 11.5.